The zero-order chi connectivity index (χ0) is 20.6. The molecule has 28 heavy (non-hydrogen) atoms. The Bertz CT molecular complexity index is 979. The number of anilines is 1. The van der Waals surface area contributed by atoms with E-state index in [2.05, 4.69) is 9.62 Å². The summed E-state index contributed by atoms with van der Waals surface area (Å²) in [6.07, 6.45) is 0.974. The Morgan fingerprint density at radius 1 is 1.11 bits per heavy atom. The van der Waals surface area contributed by atoms with E-state index < -0.39 is 10.0 Å². The Morgan fingerprint density at radius 2 is 1.75 bits per heavy atom. The van der Waals surface area contributed by atoms with E-state index in [-0.39, 0.29) is 6.10 Å². The lowest BCUT2D eigenvalue weighted by Gasteiger charge is -2.18. The minimum Gasteiger partial charge on any atom is -0.487 e. The number of likely N-dealkylation sites (N-methyl/N-ethyl adjacent to an activating group) is 1. The smallest absolute Gasteiger partial charge is 0.262 e. The van der Waals surface area contributed by atoms with Crippen molar-refractivity contribution in [2.24, 2.45) is 0 Å². The minimum absolute atomic E-state index is 0.0540. The molecule has 0 aliphatic carbocycles. The van der Waals surface area contributed by atoms with E-state index in [0.29, 0.717) is 21.4 Å². The van der Waals surface area contributed by atoms with Crippen molar-refractivity contribution in [3.63, 3.8) is 0 Å². The highest BCUT2D eigenvalue weighted by Crippen LogP contribution is 2.32. The molecule has 0 bridgehead atoms. The molecule has 7 heteroatoms. The first kappa shape index (κ1) is 21.0. The maximum Gasteiger partial charge on any atom is 0.262 e. The van der Waals surface area contributed by atoms with Gasteiger partial charge in [-0.2, -0.15) is 0 Å². The lowest BCUT2D eigenvalue weighted by Crippen LogP contribution is -2.21. The van der Waals surface area contributed by atoms with Gasteiger partial charge in [0.25, 0.3) is 10.0 Å². The van der Waals surface area contributed by atoms with Crippen LogP contribution in [-0.2, 0) is 10.0 Å². The predicted octanol–water partition coefficient (Wildman–Crippen LogP) is 4.46. The molecule has 1 saturated heterocycles. The number of sulfonamides is 1. The number of ether oxygens (including phenoxy) is 1. The van der Waals surface area contributed by atoms with Crippen molar-refractivity contribution in [2.75, 3.05) is 24.9 Å². The van der Waals surface area contributed by atoms with Gasteiger partial charge in [0.15, 0.2) is 0 Å². The largest absolute Gasteiger partial charge is 0.487 e. The Kier molecular flexibility index (Phi) is 5.94. The van der Waals surface area contributed by atoms with Gasteiger partial charge in [-0.25, -0.2) is 8.42 Å². The molecule has 1 N–H and O–H groups in total. The van der Waals surface area contributed by atoms with E-state index in [1.54, 1.807) is 18.2 Å². The first-order chi connectivity index (χ1) is 13.1. The average Bonchev–Trinajstić information content (AvgIpc) is 3.01. The summed E-state index contributed by atoms with van der Waals surface area (Å²) in [4.78, 5) is 2.52. The molecule has 0 amide bonds. The molecule has 1 heterocycles. The van der Waals surface area contributed by atoms with Crippen LogP contribution in [0.15, 0.2) is 29.2 Å². The fourth-order valence-electron chi connectivity index (χ4n) is 3.62. The third-order valence-electron chi connectivity index (χ3n) is 5.39. The van der Waals surface area contributed by atoms with Gasteiger partial charge < -0.3 is 9.64 Å². The number of nitrogens with zero attached hydrogens (tertiary/aromatic N) is 1. The fourth-order valence-corrected chi connectivity index (χ4v) is 5.45. The van der Waals surface area contributed by atoms with Gasteiger partial charge in [0.1, 0.15) is 11.9 Å². The van der Waals surface area contributed by atoms with Crippen LogP contribution in [0.3, 0.4) is 0 Å². The van der Waals surface area contributed by atoms with Gasteiger partial charge in [-0.05, 0) is 75.5 Å². The number of likely N-dealkylation sites (tertiary alicyclic amines) is 1. The summed E-state index contributed by atoms with van der Waals surface area (Å²) in [7, 11) is -1.70. The van der Waals surface area contributed by atoms with Crippen molar-refractivity contribution in [1.82, 2.24) is 4.90 Å². The first-order valence-electron chi connectivity index (χ1n) is 9.33. The summed E-state index contributed by atoms with van der Waals surface area (Å²) in [5.41, 5.74) is 3.86. The molecular formula is C21H27ClN2O3S. The summed E-state index contributed by atoms with van der Waals surface area (Å²) in [5.74, 6) is 0.496. The van der Waals surface area contributed by atoms with Crippen LogP contribution in [-0.4, -0.2) is 39.6 Å². The highest BCUT2D eigenvalue weighted by Gasteiger charge is 2.24. The normalized spacial score (nSPS) is 17.7. The van der Waals surface area contributed by atoms with E-state index in [1.807, 2.05) is 40.8 Å². The summed E-state index contributed by atoms with van der Waals surface area (Å²) >= 11 is 6.28. The molecule has 0 spiro atoms. The van der Waals surface area contributed by atoms with Gasteiger partial charge in [-0.1, -0.05) is 17.7 Å². The summed E-state index contributed by atoms with van der Waals surface area (Å²) in [6.45, 7) is 9.32. The molecule has 1 aliphatic heterocycles. The van der Waals surface area contributed by atoms with Crippen LogP contribution in [0.5, 0.6) is 5.75 Å². The molecule has 5 nitrogen and oxygen atoms in total. The maximum absolute atomic E-state index is 13.1. The second-order valence-electron chi connectivity index (χ2n) is 7.63. The third-order valence-corrected chi connectivity index (χ3v) is 7.36. The number of aryl methyl sites for hydroxylation is 2. The van der Waals surface area contributed by atoms with Crippen LogP contribution in [0.25, 0.3) is 0 Å². The van der Waals surface area contributed by atoms with Crippen molar-refractivity contribution in [2.45, 2.75) is 45.1 Å². The standard InChI is InChI=1S/C21H27ClN2O3S/c1-13-10-14(2)16(4)21(15(13)3)28(25,26)23-17-6-7-19(22)20(11-17)27-18-8-9-24(5)12-18/h6-7,10-11,18,23H,8-9,12H2,1-5H3/t18-/m1/s1. The SMILES string of the molecule is Cc1cc(C)c(C)c(S(=O)(=O)Nc2ccc(Cl)c(O[C@@H]3CCN(C)C3)c2)c1C. The van der Waals surface area contributed by atoms with Crippen LogP contribution >= 0.6 is 11.6 Å². The second-order valence-corrected chi connectivity index (χ2v) is 9.66. The van der Waals surface area contributed by atoms with Crippen molar-refractivity contribution in [1.29, 1.82) is 0 Å². The van der Waals surface area contributed by atoms with Crippen LogP contribution in [0.4, 0.5) is 5.69 Å². The van der Waals surface area contributed by atoms with Crippen molar-refractivity contribution in [3.8, 4) is 5.75 Å². The first-order valence-corrected chi connectivity index (χ1v) is 11.2. The van der Waals surface area contributed by atoms with Gasteiger partial charge in [-0.3, -0.25) is 4.72 Å². The summed E-state index contributed by atoms with van der Waals surface area (Å²) in [6, 6.07) is 6.98. The number of halogens is 1. The summed E-state index contributed by atoms with van der Waals surface area (Å²) in [5, 5.41) is 0.469. The number of hydrogen-bond acceptors (Lipinski definition) is 4. The Morgan fingerprint density at radius 3 is 2.32 bits per heavy atom. The van der Waals surface area contributed by atoms with Gasteiger partial charge >= 0.3 is 0 Å². The van der Waals surface area contributed by atoms with Gasteiger partial charge in [0, 0.05) is 19.2 Å². The van der Waals surface area contributed by atoms with Gasteiger partial charge in [0.05, 0.1) is 15.6 Å². The molecule has 0 unspecified atom stereocenters. The van der Waals surface area contributed by atoms with E-state index in [4.69, 9.17) is 16.3 Å². The number of hydrogen-bond donors (Lipinski definition) is 1. The Hall–Kier alpha value is -1.76. The minimum atomic E-state index is -3.74. The summed E-state index contributed by atoms with van der Waals surface area (Å²) < 4.78 is 35.0. The maximum atomic E-state index is 13.1. The van der Waals surface area contributed by atoms with Crippen LogP contribution in [0.2, 0.25) is 5.02 Å². The van der Waals surface area contributed by atoms with Gasteiger partial charge in [-0.15, -0.1) is 0 Å². The van der Waals surface area contributed by atoms with Crippen LogP contribution < -0.4 is 9.46 Å². The highest BCUT2D eigenvalue weighted by molar-refractivity contribution is 7.92. The van der Waals surface area contributed by atoms with Crippen LogP contribution in [0.1, 0.15) is 28.7 Å². The number of rotatable bonds is 5. The van der Waals surface area contributed by atoms with Gasteiger partial charge in [0.2, 0.25) is 0 Å². The van der Waals surface area contributed by atoms with E-state index in [9.17, 15) is 8.42 Å². The molecule has 3 rings (SSSR count). The molecule has 2 aromatic rings. The predicted molar refractivity (Wildman–Crippen MR) is 114 cm³/mol. The van der Waals surface area contributed by atoms with E-state index >= 15 is 0 Å². The lowest BCUT2D eigenvalue weighted by molar-refractivity contribution is 0.208. The Balaban J connectivity index is 1.90. The van der Waals surface area contributed by atoms with E-state index in [0.717, 1.165) is 41.8 Å². The molecule has 152 valence electrons. The number of nitrogens with one attached hydrogen (secondary N) is 1. The third kappa shape index (κ3) is 4.29. The number of benzene rings is 2. The molecule has 0 saturated carbocycles. The van der Waals surface area contributed by atoms with E-state index in [1.165, 1.54) is 0 Å². The quantitative estimate of drug-likeness (QED) is 0.772. The fraction of sp³-hybridized carbons (Fsp3) is 0.429. The Labute approximate surface area is 172 Å². The van der Waals surface area contributed by atoms with Crippen LogP contribution in [0, 0.1) is 27.7 Å². The second kappa shape index (κ2) is 7.93. The van der Waals surface area contributed by atoms with Crippen molar-refractivity contribution < 1.29 is 13.2 Å². The molecule has 0 radical (unpaired) electrons. The molecule has 2 aromatic carbocycles. The highest BCUT2D eigenvalue weighted by atomic mass is 35.5. The molecule has 1 atom stereocenters. The average molecular weight is 423 g/mol. The zero-order valence-corrected chi connectivity index (χ0v) is 18.5. The lowest BCUT2D eigenvalue weighted by atomic mass is 10.0. The molecule has 1 aliphatic rings. The van der Waals surface area contributed by atoms with Crippen molar-refractivity contribution in [3.05, 3.63) is 51.5 Å². The zero-order valence-electron chi connectivity index (χ0n) is 17.0. The van der Waals surface area contributed by atoms with Crippen molar-refractivity contribution >= 4 is 27.3 Å². The monoisotopic (exact) mass is 422 g/mol. The topological polar surface area (TPSA) is 58.6 Å². The molecule has 1 fully saturated rings. The molecule has 0 aromatic heterocycles. The molecular weight excluding hydrogens is 396 g/mol.